The summed E-state index contributed by atoms with van der Waals surface area (Å²) in [6.07, 6.45) is 0.0356. The molecule has 6 heterocycles. The van der Waals surface area contributed by atoms with Crippen molar-refractivity contribution in [2.24, 2.45) is 0 Å². The molecule has 4 aliphatic rings. The van der Waals surface area contributed by atoms with Crippen molar-refractivity contribution in [3.63, 3.8) is 0 Å². The van der Waals surface area contributed by atoms with Gasteiger partial charge < -0.3 is 39.4 Å². The molecular weight excluding hydrogens is 568 g/mol. The molecule has 16 heteroatoms. The number of aromatic nitrogens is 3. The van der Waals surface area contributed by atoms with Gasteiger partial charge in [-0.15, -0.1) is 0 Å². The Morgan fingerprint density at radius 3 is 2.58 bits per heavy atom. The lowest BCUT2D eigenvalue weighted by molar-refractivity contribution is -0.166. The van der Waals surface area contributed by atoms with Gasteiger partial charge in [-0.25, -0.2) is 14.3 Å². The predicted molar refractivity (Wildman–Crippen MR) is 142 cm³/mol. The zero-order valence-electron chi connectivity index (χ0n) is 23.4. The summed E-state index contributed by atoms with van der Waals surface area (Å²) < 4.78 is 30.0. The van der Waals surface area contributed by atoms with Gasteiger partial charge in [-0.1, -0.05) is 0 Å². The summed E-state index contributed by atoms with van der Waals surface area (Å²) in [5.74, 6) is -1.05. The van der Waals surface area contributed by atoms with Crippen LogP contribution in [0.3, 0.4) is 0 Å². The third kappa shape index (κ3) is 5.77. The molecule has 4 aliphatic heterocycles. The first-order valence-electron chi connectivity index (χ1n) is 13.9. The van der Waals surface area contributed by atoms with Crippen molar-refractivity contribution < 1.29 is 48.0 Å². The number of hydrogen-bond acceptors (Lipinski definition) is 14. The van der Waals surface area contributed by atoms with E-state index >= 15 is 0 Å². The Labute approximate surface area is 245 Å². The number of piperidine rings is 1. The minimum atomic E-state index is -1.97. The SMILES string of the molecule is CN1[C@@H]2CC[C@H]1CC(OC(=O)OC[C@H]1O[C@@](C#N)(c3ccc4c(N)ncnn34)[C@@H]3OC(=O)CCCC(=O)O[C@@H]31)C2.O=CO. The molecule has 0 aromatic carbocycles. The summed E-state index contributed by atoms with van der Waals surface area (Å²) in [4.78, 5) is 52.7. The number of nitriles is 1. The average Bonchev–Trinajstić information content (AvgIpc) is 3.59. The molecular formula is C27H32N6O10. The van der Waals surface area contributed by atoms with Crippen molar-refractivity contribution in [2.45, 2.75) is 87.0 Å². The largest absolute Gasteiger partial charge is 0.508 e. The van der Waals surface area contributed by atoms with Gasteiger partial charge in [0, 0.05) is 37.8 Å². The van der Waals surface area contributed by atoms with E-state index in [0.717, 1.165) is 25.7 Å². The highest BCUT2D eigenvalue weighted by atomic mass is 16.7. The highest BCUT2D eigenvalue weighted by Gasteiger charge is 2.63. The Bertz CT molecular complexity index is 1410. The van der Waals surface area contributed by atoms with Crippen molar-refractivity contribution in [2.75, 3.05) is 19.4 Å². The second-order valence-corrected chi connectivity index (χ2v) is 10.8. The second kappa shape index (κ2) is 12.4. The fraction of sp³-hybridized carbons (Fsp3) is 0.593. The van der Waals surface area contributed by atoms with E-state index in [9.17, 15) is 19.6 Å². The van der Waals surface area contributed by atoms with Crippen molar-refractivity contribution in [1.82, 2.24) is 19.5 Å². The quantitative estimate of drug-likeness (QED) is 0.283. The molecule has 2 aromatic heterocycles. The van der Waals surface area contributed by atoms with Crippen LogP contribution >= 0.6 is 0 Å². The number of ether oxygens (including phenoxy) is 5. The third-order valence-electron chi connectivity index (χ3n) is 8.40. The van der Waals surface area contributed by atoms with E-state index in [1.54, 1.807) is 12.1 Å². The minimum absolute atomic E-state index is 0.0240. The van der Waals surface area contributed by atoms with Gasteiger partial charge in [-0.3, -0.25) is 14.4 Å². The van der Waals surface area contributed by atoms with Gasteiger partial charge in [-0.2, -0.15) is 10.4 Å². The first-order chi connectivity index (χ1) is 20.7. The van der Waals surface area contributed by atoms with E-state index in [0.29, 0.717) is 17.6 Å². The highest BCUT2D eigenvalue weighted by molar-refractivity contribution is 5.74. The Kier molecular flexibility index (Phi) is 8.64. The molecule has 0 spiro atoms. The molecule has 0 radical (unpaired) electrons. The molecule has 1 unspecified atom stereocenters. The van der Waals surface area contributed by atoms with Gasteiger partial charge in [0.1, 0.15) is 36.7 Å². The zero-order chi connectivity index (χ0) is 30.7. The molecule has 2 aromatic rings. The van der Waals surface area contributed by atoms with E-state index < -0.39 is 48.6 Å². The number of hydrogen-bond donors (Lipinski definition) is 2. The highest BCUT2D eigenvalue weighted by Crippen LogP contribution is 2.44. The van der Waals surface area contributed by atoms with E-state index in [1.165, 1.54) is 10.8 Å². The molecule has 6 rings (SSSR count). The van der Waals surface area contributed by atoms with Crippen LogP contribution in [0, 0.1) is 11.3 Å². The van der Waals surface area contributed by atoms with Gasteiger partial charge in [0.05, 0.1) is 5.69 Å². The van der Waals surface area contributed by atoms with Crippen molar-refractivity contribution >= 4 is 35.9 Å². The smallest absolute Gasteiger partial charge is 0.483 e. The van der Waals surface area contributed by atoms with Crippen molar-refractivity contribution in [1.29, 1.82) is 5.26 Å². The lowest BCUT2D eigenvalue weighted by Gasteiger charge is -2.35. The second-order valence-electron chi connectivity index (χ2n) is 10.8. The Balaban J connectivity index is 0.00000118. The van der Waals surface area contributed by atoms with Crippen LogP contribution in [-0.4, -0.2) is 99.3 Å². The van der Waals surface area contributed by atoms with Crippen LogP contribution < -0.4 is 5.73 Å². The molecule has 16 nitrogen and oxygen atoms in total. The number of nitrogen functional groups attached to an aromatic ring is 1. The Hall–Kier alpha value is -4.49. The molecule has 0 saturated carbocycles. The van der Waals surface area contributed by atoms with Gasteiger partial charge in [0.2, 0.25) is 5.60 Å². The lowest BCUT2D eigenvalue weighted by atomic mass is 9.92. The van der Waals surface area contributed by atoms with Crippen LogP contribution in [0.4, 0.5) is 10.6 Å². The van der Waals surface area contributed by atoms with E-state index in [2.05, 4.69) is 28.1 Å². The molecule has 4 saturated heterocycles. The van der Waals surface area contributed by atoms with Crippen LogP contribution in [0.25, 0.3) is 5.52 Å². The Morgan fingerprint density at radius 1 is 1.23 bits per heavy atom. The molecule has 0 amide bonds. The molecule has 0 aliphatic carbocycles. The fourth-order valence-corrected chi connectivity index (χ4v) is 6.37. The zero-order valence-corrected chi connectivity index (χ0v) is 23.4. The summed E-state index contributed by atoms with van der Waals surface area (Å²) in [6, 6.07) is 6.00. The number of esters is 2. The summed E-state index contributed by atoms with van der Waals surface area (Å²) in [5, 5.41) is 21.6. The van der Waals surface area contributed by atoms with Crippen LogP contribution in [0.2, 0.25) is 0 Å². The molecule has 2 bridgehead atoms. The summed E-state index contributed by atoms with van der Waals surface area (Å²) in [6.45, 7) is -0.659. The Morgan fingerprint density at radius 2 is 1.91 bits per heavy atom. The molecule has 7 atom stereocenters. The maximum atomic E-state index is 12.7. The maximum Gasteiger partial charge on any atom is 0.508 e. The van der Waals surface area contributed by atoms with Crippen LogP contribution in [-0.2, 0) is 43.7 Å². The normalized spacial score (nSPS) is 32.0. The maximum absolute atomic E-state index is 12.7. The average molecular weight is 601 g/mol. The van der Waals surface area contributed by atoms with E-state index in [-0.39, 0.29) is 43.4 Å². The van der Waals surface area contributed by atoms with Gasteiger partial charge in [0.25, 0.3) is 6.47 Å². The first-order valence-corrected chi connectivity index (χ1v) is 13.9. The fourth-order valence-electron chi connectivity index (χ4n) is 6.37. The molecule has 43 heavy (non-hydrogen) atoms. The van der Waals surface area contributed by atoms with Gasteiger partial charge >= 0.3 is 18.1 Å². The summed E-state index contributed by atoms with van der Waals surface area (Å²) in [5.41, 5.74) is 4.59. The monoisotopic (exact) mass is 600 g/mol. The van der Waals surface area contributed by atoms with Gasteiger partial charge in [0.15, 0.2) is 18.0 Å². The van der Waals surface area contributed by atoms with E-state index in [1.807, 2.05) is 0 Å². The minimum Gasteiger partial charge on any atom is -0.483 e. The first kappa shape index (κ1) is 30.0. The number of anilines is 1. The number of carboxylic acid groups (broad SMARTS) is 1. The summed E-state index contributed by atoms with van der Waals surface area (Å²) >= 11 is 0. The third-order valence-corrected chi connectivity index (χ3v) is 8.40. The van der Waals surface area contributed by atoms with Crippen LogP contribution in [0.15, 0.2) is 18.5 Å². The van der Waals surface area contributed by atoms with Gasteiger partial charge in [-0.05, 0) is 38.4 Å². The summed E-state index contributed by atoms with van der Waals surface area (Å²) in [7, 11) is 2.09. The number of nitrogens with zero attached hydrogens (tertiary/aromatic N) is 5. The number of carbonyl (C=O) groups excluding carboxylic acids is 3. The number of rotatable bonds is 4. The molecule has 230 valence electrons. The van der Waals surface area contributed by atoms with Crippen molar-refractivity contribution in [3.8, 4) is 6.07 Å². The topological polar surface area (TPSA) is 218 Å². The lowest BCUT2D eigenvalue weighted by Crippen LogP contribution is -2.46. The predicted octanol–water partition coefficient (Wildman–Crippen LogP) is 0.916. The molecule has 4 fully saturated rings. The van der Waals surface area contributed by atoms with Crippen molar-refractivity contribution in [3.05, 3.63) is 24.2 Å². The van der Waals surface area contributed by atoms with Crippen LogP contribution in [0.1, 0.15) is 50.6 Å². The number of fused-ring (bicyclic) bond motifs is 4. The molecule has 3 N–H and O–H groups in total. The van der Waals surface area contributed by atoms with Crippen LogP contribution in [0.5, 0.6) is 0 Å². The standard InChI is InChI=1S/C26H30N6O8.CH2O2/c1-31-14-5-6-15(31)10-16(9-14)37-25(35)36-11-18-22-23(39-21(34)4-2-3-20(33)38-22)26(12-27,40-18)19-8-7-17-24(28)29-13-30-32(17)19;2-1-3/h7-8,13-16,18,22-23H,2-6,9-11H2,1H3,(H2,28,29,30);1H,(H,2,3)/t14-,15+,16?,18-,22-,23-,26+;/m1./s1. The number of nitrogens with two attached hydrogens (primary N) is 1. The number of carbonyl (C=O) groups is 4. The van der Waals surface area contributed by atoms with E-state index in [4.69, 9.17) is 39.3 Å².